The Balaban J connectivity index is 1.57. The van der Waals surface area contributed by atoms with Gasteiger partial charge in [-0.3, -0.25) is 4.79 Å². The molecule has 1 aliphatic heterocycles. The fraction of sp³-hybridized carbons (Fsp3) is 0.312. The normalized spacial score (nSPS) is 16.3. The highest BCUT2D eigenvalue weighted by Gasteiger charge is 2.27. The summed E-state index contributed by atoms with van der Waals surface area (Å²) >= 11 is 1.16. The van der Waals surface area contributed by atoms with Gasteiger partial charge in [0.15, 0.2) is 0 Å². The molecule has 3 heterocycles. The van der Waals surface area contributed by atoms with Crippen molar-refractivity contribution in [2.24, 2.45) is 0 Å². The number of ether oxygens (including phenoxy) is 1. The van der Waals surface area contributed by atoms with Crippen molar-refractivity contribution < 1.29 is 22.4 Å². The quantitative estimate of drug-likeness (QED) is 0.768. The molecule has 0 radical (unpaired) electrons. The van der Waals surface area contributed by atoms with E-state index in [4.69, 9.17) is 9.15 Å². The monoisotopic (exact) mass is 382 g/mol. The summed E-state index contributed by atoms with van der Waals surface area (Å²) in [6, 6.07) is 6.77. The molecule has 1 amide bonds. The third kappa shape index (κ3) is 4.57. The molecule has 7 nitrogen and oxygen atoms in total. The third-order valence-corrected chi connectivity index (χ3v) is 7.03. The van der Waals surface area contributed by atoms with Gasteiger partial charge in [0.25, 0.3) is 10.0 Å². The fourth-order valence-electron chi connectivity index (χ4n) is 2.28. The Morgan fingerprint density at radius 3 is 2.80 bits per heavy atom. The topological polar surface area (TPSA) is 88.8 Å². The molecule has 0 saturated carbocycles. The lowest BCUT2D eigenvalue weighted by Crippen LogP contribution is -2.40. The van der Waals surface area contributed by atoms with Crippen LogP contribution in [0.3, 0.4) is 0 Å². The van der Waals surface area contributed by atoms with Crippen LogP contribution in [0.4, 0.5) is 0 Å². The summed E-state index contributed by atoms with van der Waals surface area (Å²) < 4.78 is 37.1. The number of thiophene rings is 1. The Bertz CT molecular complexity index is 834. The van der Waals surface area contributed by atoms with Crippen molar-refractivity contribution in [1.29, 1.82) is 0 Å². The number of rotatable bonds is 6. The number of hydrogen-bond acceptors (Lipinski definition) is 6. The highest BCUT2D eigenvalue weighted by molar-refractivity contribution is 7.91. The van der Waals surface area contributed by atoms with Crippen molar-refractivity contribution in [3.63, 3.8) is 0 Å². The van der Waals surface area contributed by atoms with Gasteiger partial charge in [0, 0.05) is 24.0 Å². The van der Waals surface area contributed by atoms with Crippen molar-refractivity contribution in [2.45, 2.75) is 10.8 Å². The second-order valence-corrected chi connectivity index (χ2v) is 8.64. The van der Waals surface area contributed by atoms with Crippen molar-refractivity contribution in [3.8, 4) is 0 Å². The summed E-state index contributed by atoms with van der Waals surface area (Å²) in [4.78, 5) is 12.6. The maximum atomic E-state index is 12.5. The van der Waals surface area contributed by atoms with Gasteiger partial charge in [-0.2, -0.15) is 4.31 Å². The molecule has 0 unspecified atom stereocenters. The number of amides is 1. The van der Waals surface area contributed by atoms with Gasteiger partial charge in [-0.15, -0.1) is 11.3 Å². The van der Waals surface area contributed by atoms with Gasteiger partial charge in [0.05, 0.1) is 26.0 Å². The zero-order chi connectivity index (χ0) is 17.7. The maximum Gasteiger partial charge on any atom is 0.252 e. The molecule has 2 aromatic heterocycles. The molecule has 0 aromatic carbocycles. The van der Waals surface area contributed by atoms with E-state index < -0.39 is 10.0 Å². The Morgan fingerprint density at radius 1 is 1.28 bits per heavy atom. The van der Waals surface area contributed by atoms with Crippen molar-refractivity contribution >= 4 is 33.3 Å². The number of nitrogens with one attached hydrogen (secondary N) is 1. The SMILES string of the molecule is O=C(/C=C/c1ccco1)NCc1ccc(S(=O)(=O)N2CCOCC2)s1. The standard InChI is InChI=1S/C16H18N2O5S2/c19-15(5-3-13-2-1-9-23-13)17-12-14-4-6-16(24-14)25(20,21)18-7-10-22-11-8-18/h1-6,9H,7-8,10-12H2,(H,17,19)/b5-3+. The third-order valence-electron chi connectivity index (χ3n) is 3.58. The predicted molar refractivity (Wildman–Crippen MR) is 93.5 cm³/mol. The number of carbonyl (C=O) groups excluding carboxylic acids is 1. The van der Waals surface area contributed by atoms with Crippen LogP contribution in [0, 0.1) is 0 Å². The zero-order valence-corrected chi connectivity index (χ0v) is 15.0. The van der Waals surface area contributed by atoms with E-state index in [0.29, 0.717) is 32.1 Å². The van der Waals surface area contributed by atoms with Gasteiger partial charge >= 0.3 is 0 Å². The van der Waals surface area contributed by atoms with Crippen LogP contribution in [0.1, 0.15) is 10.6 Å². The average Bonchev–Trinajstić information content (AvgIpc) is 3.31. The molecule has 1 fully saturated rings. The van der Waals surface area contributed by atoms with Crippen LogP contribution in [0.25, 0.3) is 6.08 Å². The van der Waals surface area contributed by atoms with Crippen LogP contribution < -0.4 is 5.32 Å². The molecular weight excluding hydrogens is 364 g/mol. The summed E-state index contributed by atoms with van der Waals surface area (Å²) in [5.74, 6) is 0.313. The lowest BCUT2D eigenvalue weighted by molar-refractivity contribution is -0.116. The van der Waals surface area contributed by atoms with Gasteiger partial charge in [-0.25, -0.2) is 8.42 Å². The highest BCUT2D eigenvalue weighted by Crippen LogP contribution is 2.25. The lowest BCUT2D eigenvalue weighted by Gasteiger charge is -2.25. The van der Waals surface area contributed by atoms with Crippen LogP contribution in [0.5, 0.6) is 0 Å². The molecule has 9 heteroatoms. The minimum atomic E-state index is -3.49. The van der Waals surface area contributed by atoms with Crippen LogP contribution in [-0.4, -0.2) is 44.9 Å². The van der Waals surface area contributed by atoms with Crippen LogP contribution in [0.2, 0.25) is 0 Å². The molecule has 1 saturated heterocycles. The van der Waals surface area contributed by atoms with E-state index in [9.17, 15) is 13.2 Å². The maximum absolute atomic E-state index is 12.5. The molecule has 25 heavy (non-hydrogen) atoms. The first-order valence-corrected chi connectivity index (χ1v) is 9.97. The van der Waals surface area contributed by atoms with Crippen molar-refractivity contribution in [3.05, 3.63) is 47.2 Å². The smallest absolute Gasteiger partial charge is 0.252 e. The fourth-order valence-corrected chi connectivity index (χ4v) is 5.14. The van der Waals surface area contributed by atoms with Crippen molar-refractivity contribution in [1.82, 2.24) is 9.62 Å². The molecule has 1 aliphatic rings. The van der Waals surface area contributed by atoms with Gasteiger partial charge in [0.2, 0.25) is 5.91 Å². The largest absolute Gasteiger partial charge is 0.465 e. The van der Waals surface area contributed by atoms with E-state index in [1.807, 2.05) is 0 Å². The molecule has 2 aromatic rings. The Labute approximate surface area is 149 Å². The zero-order valence-electron chi connectivity index (χ0n) is 13.4. The van der Waals surface area contributed by atoms with E-state index >= 15 is 0 Å². The molecule has 0 aliphatic carbocycles. The summed E-state index contributed by atoms with van der Waals surface area (Å²) in [7, 11) is -3.49. The predicted octanol–water partition coefficient (Wildman–Crippen LogP) is 1.69. The second-order valence-electron chi connectivity index (χ2n) is 5.30. The van der Waals surface area contributed by atoms with Crippen LogP contribution in [0.15, 0.2) is 45.2 Å². The number of nitrogens with zero attached hydrogens (tertiary/aromatic N) is 1. The summed E-state index contributed by atoms with van der Waals surface area (Å²) in [5, 5.41) is 2.72. The lowest BCUT2D eigenvalue weighted by atomic mass is 10.4. The van der Waals surface area contributed by atoms with E-state index in [-0.39, 0.29) is 16.7 Å². The number of sulfonamides is 1. The molecule has 0 spiro atoms. The summed E-state index contributed by atoms with van der Waals surface area (Å²) in [6.07, 6.45) is 4.47. The first-order chi connectivity index (χ1) is 12.1. The number of carbonyl (C=O) groups is 1. The number of hydrogen-bond donors (Lipinski definition) is 1. The van der Waals surface area contributed by atoms with Crippen molar-refractivity contribution in [2.75, 3.05) is 26.3 Å². The Kier molecular flexibility index (Phi) is 5.69. The van der Waals surface area contributed by atoms with E-state index in [2.05, 4.69) is 5.32 Å². The molecular formula is C16H18N2O5S2. The first kappa shape index (κ1) is 17.9. The highest BCUT2D eigenvalue weighted by atomic mass is 32.2. The Morgan fingerprint density at radius 2 is 2.08 bits per heavy atom. The van der Waals surface area contributed by atoms with Gasteiger partial charge in [0.1, 0.15) is 9.97 Å². The van der Waals surface area contributed by atoms with E-state index in [1.165, 1.54) is 16.6 Å². The molecule has 0 bridgehead atoms. The minimum Gasteiger partial charge on any atom is -0.465 e. The van der Waals surface area contributed by atoms with E-state index in [0.717, 1.165) is 16.2 Å². The summed E-state index contributed by atoms with van der Waals surface area (Å²) in [6.45, 7) is 1.82. The molecule has 3 rings (SSSR count). The average molecular weight is 382 g/mol. The number of furan rings is 1. The van der Waals surface area contributed by atoms with Gasteiger partial charge in [-0.05, 0) is 30.3 Å². The summed E-state index contributed by atoms with van der Waals surface area (Å²) in [5.41, 5.74) is 0. The van der Waals surface area contributed by atoms with Gasteiger partial charge < -0.3 is 14.5 Å². The molecule has 1 N–H and O–H groups in total. The van der Waals surface area contributed by atoms with Gasteiger partial charge in [-0.1, -0.05) is 0 Å². The first-order valence-electron chi connectivity index (χ1n) is 7.72. The second kappa shape index (κ2) is 7.96. The molecule has 0 atom stereocenters. The minimum absolute atomic E-state index is 0.268. The number of morpholine rings is 1. The van der Waals surface area contributed by atoms with Crippen LogP contribution in [-0.2, 0) is 26.1 Å². The molecule has 134 valence electrons. The van der Waals surface area contributed by atoms with E-state index in [1.54, 1.807) is 30.3 Å². The van der Waals surface area contributed by atoms with Crippen LogP contribution >= 0.6 is 11.3 Å². The Hall–Kier alpha value is -1.94.